The third-order valence-electron chi connectivity index (χ3n) is 1.59. The molecule has 13 heavy (non-hydrogen) atoms. The van der Waals surface area contributed by atoms with Crippen molar-refractivity contribution in [2.45, 2.75) is 20.0 Å². The Morgan fingerprint density at radius 2 is 2.31 bits per heavy atom. The van der Waals surface area contributed by atoms with Crippen molar-refractivity contribution in [2.24, 2.45) is 0 Å². The molecule has 0 aromatic carbocycles. The molecule has 1 atom stereocenters. The van der Waals surface area contributed by atoms with Gasteiger partial charge >= 0.3 is 0 Å². The zero-order chi connectivity index (χ0) is 9.84. The minimum atomic E-state index is -0.699. The van der Waals surface area contributed by atoms with E-state index in [-0.39, 0.29) is 5.88 Å². The van der Waals surface area contributed by atoms with E-state index >= 15 is 0 Å². The molecule has 1 rings (SSSR count). The fraction of sp³-hybridized carbons (Fsp3) is 0.444. The van der Waals surface area contributed by atoms with E-state index in [1.54, 1.807) is 13.8 Å². The van der Waals surface area contributed by atoms with Crippen molar-refractivity contribution in [1.29, 1.82) is 0 Å². The Labute approximate surface area is 76.2 Å². The number of halogens is 1. The zero-order valence-corrected chi connectivity index (χ0v) is 7.62. The fourth-order valence-corrected chi connectivity index (χ4v) is 0.999. The highest BCUT2D eigenvalue weighted by Crippen LogP contribution is 2.22. The third kappa shape index (κ3) is 2.39. The molecule has 1 aromatic rings. The third-order valence-corrected chi connectivity index (χ3v) is 1.59. The first-order chi connectivity index (χ1) is 6.15. The SMILES string of the molecule is CCOc1nc(F)ccc1C(C)O. The molecular weight excluding hydrogens is 173 g/mol. The maximum atomic E-state index is 12.7. The number of hydrogen-bond acceptors (Lipinski definition) is 3. The quantitative estimate of drug-likeness (QED) is 0.728. The van der Waals surface area contributed by atoms with Gasteiger partial charge in [-0.1, -0.05) is 0 Å². The largest absolute Gasteiger partial charge is 0.478 e. The predicted molar refractivity (Wildman–Crippen MR) is 46.0 cm³/mol. The number of hydrogen-bond donors (Lipinski definition) is 1. The van der Waals surface area contributed by atoms with Crippen LogP contribution in [-0.2, 0) is 0 Å². The van der Waals surface area contributed by atoms with Crippen molar-refractivity contribution in [3.8, 4) is 5.88 Å². The summed E-state index contributed by atoms with van der Waals surface area (Å²) in [6.45, 7) is 3.76. The minimum Gasteiger partial charge on any atom is -0.478 e. The van der Waals surface area contributed by atoms with Gasteiger partial charge in [0.1, 0.15) is 0 Å². The zero-order valence-electron chi connectivity index (χ0n) is 7.62. The van der Waals surface area contributed by atoms with Crippen LogP contribution in [0.15, 0.2) is 12.1 Å². The number of aliphatic hydroxyl groups is 1. The van der Waals surface area contributed by atoms with Crippen molar-refractivity contribution in [3.05, 3.63) is 23.6 Å². The molecule has 1 aromatic heterocycles. The van der Waals surface area contributed by atoms with Crippen LogP contribution >= 0.6 is 0 Å². The summed E-state index contributed by atoms with van der Waals surface area (Å²) in [6, 6.07) is 2.67. The van der Waals surface area contributed by atoms with E-state index in [4.69, 9.17) is 4.74 Å². The lowest BCUT2D eigenvalue weighted by molar-refractivity contribution is 0.189. The van der Waals surface area contributed by atoms with Crippen molar-refractivity contribution in [1.82, 2.24) is 4.98 Å². The molecule has 3 nitrogen and oxygen atoms in total. The molecule has 0 bridgehead atoms. The van der Waals surface area contributed by atoms with E-state index in [9.17, 15) is 9.50 Å². The Balaban J connectivity index is 3.03. The summed E-state index contributed by atoms with van der Waals surface area (Å²) in [6.07, 6.45) is -0.699. The highest BCUT2D eigenvalue weighted by atomic mass is 19.1. The molecule has 0 fully saturated rings. The molecule has 0 saturated carbocycles. The average Bonchev–Trinajstić information content (AvgIpc) is 2.04. The molecular formula is C9H12FNO2. The number of aliphatic hydroxyl groups excluding tert-OH is 1. The lowest BCUT2D eigenvalue weighted by atomic mass is 10.2. The normalized spacial score (nSPS) is 12.6. The first-order valence-corrected chi connectivity index (χ1v) is 4.12. The molecule has 1 unspecified atom stereocenters. The van der Waals surface area contributed by atoms with Crippen LogP contribution in [0.3, 0.4) is 0 Å². The molecule has 1 heterocycles. The second kappa shape index (κ2) is 4.18. The van der Waals surface area contributed by atoms with E-state index in [2.05, 4.69) is 4.98 Å². The smallest absolute Gasteiger partial charge is 0.221 e. The summed E-state index contributed by atoms with van der Waals surface area (Å²) in [5, 5.41) is 9.28. The number of rotatable bonds is 3. The van der Waals surface area contributed by atoms with Gasteiger partial charge in [0.25, 0.3) is 0 Å². The molecule has 0 aliphatic heterocycles. The lowest BCUT2D eigenvalue weighted by Crippen LogP contribution is -2.03. The monoisotopic (exact) mass is 185 g/mol. The van der Waals surface area contributed by atoms with Gasteiger partial charge in [0.05, 0.1) is 12.7 Å². The second-order valence-electron chi connectivity index (χ2n) is 2.64. The summed E-state index contributed by atoms with van der Waals surface area (Å²) in [5.74, 6) is -0.439. The van der Waals surface area contributed by atoms with E-state index in [0.717, 1.165) is 0 Å². The van der Waals surface area contributed by atoms with E-state index in [1.165, 1.54) is 12.1 Å². The van der Waals surface area contributed by atoms with Crippen LogP contribution in [0.2, 0.25) is 0 Å². The van der Waals surface area contributed by atoms with Crippen molar-refractivity contribution < 1.29 is 14.2 Å². The molecule has 0 saturated heterocycles. The molecule has 1 N–H and O–H groups in total. The van der Waals surface area contributed by atoms with E-state index in [0.29, 0.717) is 12.2 Å². The van der Waals surface area contributed by atoms with Crippen LogP contribution in [0.25, 0.3) is 0 Å². The van der Waals surface area contributed by atoms with Gasteiger partial charge in [0.15, 0.2) is 0 Å². The van der Waals surface area contributed by atoms with E-state index < -0.39 is 12.1 Å². The Bertz CT molecular complexity index is 289. The van der Waals surface area contributed by atoms with Crippen molar-refractivity contribution >= 4 is 0 Å². The van der Waals surface area contributed by atoms with Crippen LogP contribution < -0.4 is 4.74 Å². The standard InChI is InChI=1S/C9H12FNO2/c1-3-13-9-7(6(2)12)4-5-8(10)11-9/h4-6,12H,3H2,1-2H3. The minimum absolute atomic E-state index is 0.164. The number of pyridine rings is 1. The van der Waals surface area contributed by atoms with Gasteiger partial charge < -0.3 is 9.84 Å². The van der Waals surface area contributed by atoms with Crippen LogP contribution in [0, 0.1) is 5.95 Å². The van der Waals surface area contributed by atoms with Gasteiger partial charge in [-0.25, -0.2) is 0 Å². The summed E-state index contributed by atoms with van der Waals surface area (Å²) >= 11 is 0. The number of ether oxygens (including phenoxy) is 1. The van der Waals surface area contributed by atoms with Crippen LogP contribution in [0.5, 0.6) is 5.88 Å². The van der Waals surface area contributed by atoms with Crippen molar-refractivity contribution in [2.75, 3.05) is 6.61 Å². The molecule has 4 heteroatoms. The van der Waals surface area contributed by atoms with Gasteiger partial charge in [0.2, 0.25) is 11.8 Å². The number of aromatic nitrogens is 1. The summed E-state index contributed by atoms with van der Waals surface area (Å²) in [4.78, 5) is 3.54. The highest BCUT2D eigenvalue weighted by Gasteiger charge is 2.10. The van der Waals surface area contributed by atoms with Gasteiger partial charge in [-0.3, -0.25) is 0 Å². The summed E-state index contributed by atoms with van der Waals surface area (Å²) in [5.41, 5.74) is 0.503. The van der Waals surface area contributed by atoms with Crippen LogP contribution in [0.4, 0.5) is 4.39 Å². The Kier molecular flexibility index (Phi) is 3.19. The molecule has 0 aliphatic rings. The van der Waals surface area contributed by atoms with Gasteiger partial charge in [-0.05, 0) is 26.0 Å². The molecule has 0 aliphatic carbocycles. The molecule has 0 radical (unpaired) electrons. The summed E-state index contributed by atoms with van der Waals surface area (Å²) in [7, 11) is 0. The summed E-state index contributed by atoms with van der Waals surface area (Å²) < 4.78 is 17.7. The molecule has 72 valence electrons. The molecule has 0 spiro atoms. The second-order valence-corrected chi connectivity index (χ2v) is 2.64. The van der Waals surface area contributed by atoms with Gasteiger partial charge in [-0.15, -0.1) is 0 Å². The van der Waals surface area contributed by atoms with Gasteiger partial charge in [0, 0.05) is 5.56 Å². The average molecular weight is 185 g/mol. The van der Waals surface area contributed by atoms with Crippen molar-refractivity contribution in [3.63, 3.8) is 0 Å². The first-order valence-electron chi connectivity index (χ1n) is 4.12. The Morgan fingerprint density at radius 3 is 2.85 bits per heavy atom. The van der Waals surface area contributed by atoms with Gasteiger partial charge in [-0.2, -0.15) is 9.37 Å². The Morgan fingerprint density at radius 1 is 1.62 bits per heavy atom. The maximum absolute atomic E-state index is 12.7. The topological polar surface area (TPSA) is 42.4 Å². The van der Waals surface area contributed by atoms with E-state index in [1.807, 2.05) is 0 Å². The first kappa shape index (κ1) is 9.92. The number of nitrogens with zero attached hydrogens (tertiary/aromatic N) is 1. The predicted octanol–water partition coefficient (Wildman–Crippen LogP) is 1.67. The fourth-order valence-electron chi connectivity index (χ4n) is 0.999. The van der Waals surface area contributed by atoms with Crippen LogP contribution in [0.1, 0.15) is 25.5 Å². The molecule has 0 amide bonds. The Hall–Kier alpha value is -1.16. The van der Waals surface area contributed by atoms with Crippen LogP contribution in [-0.4, -0.2) is 16.7 Å². The highest BCUT2D eigenvalue weighted by molar-refractivity contribution is 5.27. The maximum Gasteiger partial charge on any atom is 0.221 e. The lowest BCUT2D eigenvalue weighted by Gasteiger charge is -2.10.